The van der Waals surface area contributed by atoms with Gasteiger partial charge in [0.25, 0.3) is 11.4 Å². The zero-order valence-corrected chi connectivity index (χ0v) is 13.5. The van der Waals surface area contributed by atoms with Crippen molar-refractivity contribution >= 4 is 11.4 Å². The van der Waals surface area contributed by atoms with E-state index in [9.17, 15) is 20.2 Å². The van der Waals surface area contributed by atoms with Crippen molar-refractivity contribution in [1.82, 2.24) is 0 Å². The molecule has 0 heterocycles. The fourth-order valence-electron chi connectivity index (χ4n) is 4.42. The maximum Gasteiger partial charge on any atom is 0.269 e. The molecule has 3 aromatic carbocycles. The van der Waals surface area contributed by atoms with Crippen molar-refractivity contribution in [1.29, 1.82) is 0 Å². The van der Waals surface area contributed by atoms with Gasteiger partial charge >= 0.3 is 0 Å². The number of nitro groups is 2. The summed E-state index contributed by atoms with van der Waals surface area (Å²) >= 11 is 0. The summed E-state index contributed by atoms with van der Waals surface area (Å²) in [7, 11) is 0. The van der Waals surface area contributed by atoms with Gasteiger partial charge in [0, 0.05) is 36.1 Å². The molecule has 0 radical (unpaired) electrons. The molecular weight excluding hydrogens is 332 g/mol. The van der Waals surface area contributed by atoms with Gasteiger partial charge in [-0.05, 0) is 33.4 Å². The van der Waals surface area contributed by atoms with E-state index < -0.39 is 9.85 Å². The van der Waals surface area contributed by atoms with Crippen LogP contribution < -0.4 is 0 Å². The largest absolute Gasteiger partial charge is 0.269 e. The monoisotopic (exact) mass is 344 g/mol. The second-order valence-corrected chi connectivity index (χ2v) is 6.64. The lowest BCUT2D eigenvalue weighted by Gasteiger charge is -2.41. The van der Waals surface area contributed by atoms with Crippen LogP contribution in [0.4, 0.5) is 11.4 Å². The van der Waals surface area contributed by atoms with Gasteiger partial charge in [0.2, 0.25) is 0 Å². The van der Waals surface area contributed by atoms with Crippen molar-refractivity contribution in [2.24, 2.45) is 0 Å². The van der Waals surface area contributed by atoms with Crippen LogP contribution in [0.3, 0.4) is 0 Å². The van der Waals surface area contributed by atoms with Crippen molar-refractivity contribution in [2.75, 3.05) is 0 Å². The number of nitro benzene ring substituents is 2. The number of hydrogen-bond acceptors (Lipinski definition) is 4. The van der Waals surface area contributed by atoms with Gasteiger partial charge < -0.3 is 0 Å². The highest BCUT2D eigenvalue weighted by atomic mass is 16.6. The molecule has 0 saturated heterocycles. The second kappa shape index (κ2) is 4.98. The molecule has 0 spiro atoms. The third kappa shape index (κ3) is 1.81. The van der Waals surface area contributed by atoms with Gasteiger partial charge in [-0.25, -0.2) is 0 Å². The maximum atomic E-state index is 11.2. The van der Waals surface area contributed by atoms with Gasteiger partial charge in [0.1, 0.15) is 0 Å². The summed E-state index contributed by atoms with van der Waals surface area (Å²) in [5.41, 5.74) is 6.15. The molecule has 6 rings (SSSR count). The number of hydrogen-bond donors (Lipinski definition) is 0. The highest BCUT2D eigenvalue weighted by molar-refractivity contribution is 5.70. The minimum absolute atomic E-state index is 0.0424. The molecule has 0 aromatic heterocycles. The zero-order valence-electron chi connectivity index (χ0n) is 13.5. The summed E-state index contributed by atoms with van der Waals surface area (Å²) in [5.74, 6) is -0.274. The Morgan fingerprint density at radius 2 is 0.962 bits per heavy atom. The van der Waals surface area contributed by atoms with E-state index in [1.807, 2.05) is 30.3 Å². The van der Waals surface area contributed by atoms with Gasteiger partial charge in [-0.3, -0.25) is 20.2 Å². The average molecular weight is 344 g/mol. The molecule has 0 atom stereocenters. The minimum atomic E-state index is -0.400. The van der Waals surface area contributed by atoms with Crippen LogP contribution in [-0.4, -0.2) is 9.85 Å². The minimum Gasteiger partial charge on any atom is -0.258 e. The fraction of sp³-hybridized carbons (Fsp3) is 0.100. The van der Waals surface area contributed by atoms with Crippen molar-refractivity contribution in [2.45, 2.75) is 11.8 Å². The Morgan fingerprint density at radius 3 is 1.38 bits per heavy atom. The Morgan fingerprint density at radius 1 is 0.577 bits per heavy atom. The lowest BCUT2D eigenvalue weighted by atomic mass is 9.61. The first-order valence-corrected chi connectivity index (χ1v) is 8.21. The van der Waals surface area contributed by atoms with Gasteiger partial charge in [-0.1, -0.05) is 36.4 Å². The molecule has 0 saturated carbocycles. The van der Waals surface area contributed by atoms with Crippen LogP contribution in [0.15, 0.2) is 60.7 Å². The second-order valence-electron chi connectivity index (χ2n) is 6.64. The molecule has 0 amide bonds. The summed E-state index contributed by atoms with van der Waals surface area (Å²) < 4.78 is 0. The average Bonchev–Trinajstić information content (AvgIpc) is 2.66. The molecule has 3 aromatic rings. The quantitative estimate of drug-likeness (QED) is 0.349. The predicted octanol–water partition coefficient (Wildman–Crippen LogP) is 4.49. The van der Waals surface area contributed by atoms with E-state index in [1.165, 1.54) is 17.7 Å². The SMILES string of the molecule is O=[N+]([O-])c1ccc2c(c1)C1c3ccccc3C2c2ccc([N+](=O)[O-])cc21. The van der Waals surface area contributed by atoms with Crippen LogP contribution in [0.2, 0.25) is 0 Å². The lowest BCUT2D eigenvalue weighted by Crippen LogP contribution is -2.27. The molecule has 6 heteroatoms. The highest BCUT2D eigenvalue weighted by Crippen LogP contribution is 2.56. The van der Waals surface area contributed by atoms with E-state index in [0.29, 0.717) is 0 Å². The lowest BCUT2D eigenvalue weighted by molar-refractivity contribution is -0.385. The number of benzene rings is 3. The van der Waals surface area contributed by atoms with E-state index in [0.717, 1.165) is 27.8 Å². The molecule has 0 N–H and O–H groups in total. The van der Waals surface area contributed by atoms with Gasteiger partial charge in [0.15, 0.2) is 0 Å². The van der Waals surface area contributed by atoms with Crippen LogP contribution in [0.1, 0.15) is 45.2 Å². The molecule has 3 aliphatic carbocycles. The van der Waals surface area contributed by atoms with Crippen LogP contribution in [0.25, 0.3) is 0 Å². The van der Waals surface area contributed by atoms with Crippen molar-refractivity contribution in [3.05, 3.63) is 114 Å². The van der Waals surface area contributed by atoms with E-state index >= 15 is 0 Å². The Hall–Kier alpha value is -3.54. The number of nitrogens with zero attached hydrogens (tertiary/aromatic N) is 2. The molecule has 0 aliphatic heterocycles. The van der Waals surface area contributed by atoms with Crippen molar-refractivity contribution in [3.8, 4) is 0 Å². The van der Waals surface area contributed by atoms with E-state index in [-0.39, 0.29) is 23.2 Å². The number of rotatable bonds is 2. The third-order valence-corrected chi connectivity index (χ3v) is 5.42. The molecule has 6 nitrogen and oxygen atoms in total. The molecular formula is C20H12N2O4. The third-order valence-electron chi connectivity index (χ3n) is 5.42. The van der Waals surface area contributed by atoms with Gasteiger partial charge in [0.05, 0.1) is 9.85 Å². The summed E-state index contributed by atoms with van der Waals surface area (Å²) in [4.78, 5) is 21.7. The smallest absolute Gasteiger partial charge is 0.258 e. The summed E-state index contributed by atoms with van der Waals surface area (Å²) in [6, 6.07) is 18.0. The topological polar surface area (TPSA) is 86.3 Å². The Labute approximate surface area is 148 Å². The van der Waals surface area contributed by atoms with Crippen LogP contribution in [0, 0.1) is 20.2 Å². The summed E-state index contributed by atoms with van der Waals surface area (Å²) in [5, 5.41) is 22.5. The first-order chi connectivity index (χ1) is 12.6. The number of non-ortho nitro benzene ring substituents is 2. The highest BCUT2D eigenvalue weighted by Gasteiger charge is 2.42. The zero-order chi connectivity index (χ0) is 18.0. The Balaban J connectivity index is 1.83. The first kappa shape index (κ1) is 14.8. The van der Waals surface area contributed by atoms with Crippen LogP contribution in [0.5, 0.6) is 0 Å². The van der Waals surface area contributed by atoms with E-state index in [1.54, 1.807) is 12.1 Å². The molecule has 0 unspecified atom stereocenters. The molecule has 0 fully saturated rings. The first-order valence-electron chi connectivity index (χ1n) is 8.21. The predicted molar refractivity (Wildman–Crippen MR) is 94.5 cm³/mol. The Bertz CT molecular complexity index is 1060. The van der Waals surface area contributed by atoms with Crippen molar-refractivity contribution < 1.29 is 9.85 Å². The maximum absolute atomic E-state index is 11.2. The van der Waals surface area contributed by atoms with Crippen LogP contribution in [-0.2, 0) is 0 Å². The molecule has 26 heavy (non-hydrogen) atoms. The van der Waals surface area contributed by atoms with E-state index in [2.05, 4.69) is 6.07 Å². The fourth-order valence-corrected chi connectivity index (χ4v) is 4.42. The summed E-state index contributed by atoms with van der Waals surface area (Å²) in [6.45, 7) is 0. The van der Waals surface area contributed by atoms with Gasteiger partial charge in [-0.15, -0.1) is 0 Å². The molecule has 2 bridgehead atoms. The van der Waals surface area contributed by atoms with Crippen LogP contribution >= 0.6 is 0 Å². The van der Waals surface area contributed by atoms with Gasteiger partial charge in [-0.2, -0.15) is 0 Å². The van der Waals surface area contributed by atoms with Crippen molar-refractivity contribution in [3.63, 3.8) is 0 Å². The normalized spacial score (nSPS) is 18.6. The Kier molecular flexibility index (Phi) is 2.83. The summed E-state index contributed by atoms with van der Waals surface area (Å²) in [6.07, 6.45) is 0. The molecule has 3 aliphatic rings. The van der Waals surface area contributed by atoms with E-state index in [4.69, 9.17) is 0 Å². The standard InChI is InChI=1S/C20H12N2O4/c23-21(24)11-5-7-15-17(9-11)20-14-4-2-1-3-13(14)19(15)16-8-6-12(22(25)26)10-18(16)20/h1-10,19-20H. The molecule has 126 valence electrons.